The van der Waals surface area contributed by atoms with Crippen molar-refractivity contribution in [1.29, 1.82) is 0 Å². The smallest absolute Gasteiger partial charge is 0.262 e. The zero-order valence-corrected chi connectivity index (χ0v) is 17.3. The molecule has 2 aromatic carbocycles. The van der Waals surface area contributed by atoms with E-state index >= 15 is 0 Å². The van der Waals surface area contributed by atoms with Crippen LogP contribution < -0.4 is 15.0 Å². The van der Waals surface area contributed by atoms with E-state index in [4.69, 9.17) is 14.7 Å². The number of nitrogens with one attached hydrogen (secondary N) is 1. The molecule has 0 fully saturated rings. The lowest BCUT2D eigenvalue weighted by molar-refractivity contribution is -0.127. The van der Waals surface area contributed by atoms with Gasteiger partial charge in [0.25, 0.3) is 11.8 Å². The van der Waals surface area contributed by atoms with Crippen molar-refractivity contribution in [1.82, 2.24) is 15.3 Å². The molecule has 0 spiro atoms. The van der Waals surface area contributed by atoms with Crippen LogP contribution in [-0.2, 0) is 17.6 Å². The van der Waals surface area contributed by atoms with E-state index in [9.17, 15) is 9.59 Å². The van der Waals surface area contributed by atoms with Crippen molar-refractivity contribution in [2.75, 3.05) is 18.5 Å². The van der Waals surface area contributed by atoms with E-state index in [-0.39, 0.29) is 18.4 Å². The summed E-state index contributed by atoms with van der Waals surface area (Å²) in [6, 6.07) is 12.6. The minimum absolute atomic E-state index is 0.133. The molecule has 2 heterocycles. The number of aromatic nitrogens is 2. The number of benzene rings is 2. The Morgan fingerprint density at radius 2 is 1.77 bits per heavy atom. The fourth-order valence-electron chi connectivity index (χ4n) is 3.71. The number of carbonyl (C=O) groups is 2. The number of hydrogen-bond acceptors (Lipinski definition) is 5. The maximum Gasteiger partial charge on any atom is 0.262 e. The maximum absolute atomic E-state index is 13.4. The van der Waals surface area contributed by atoms with Crippen LogP contribution in [-0.4, -0.2) is 41.5 Å². The average Bonchev–Trinajstić information content (AvgIpc) is 2.80. The number of nitrogens with zero attached hydrogens (tertiary/aromatic N) is 3. The maximum atomic E-state index is 13.4. The Hall–Kier alpha value is -3.48. The minimum Gasteiger partial charge on any atom is -0.477 e. The summed E-state index contributed by atoms with van der Waals surface area (Å²) in [7, 11) is 1.55. The first-order chi connectivity index (χ1) is 14.5. The van der Waals surface area contributed by atoms with Crippen LogP contribution in [0.1, 0.15) is 35.6 Å². The van der Waals surface area contributed by atoms with Gasteiger partial charge in [0.2, 0.25) is 0 Å². The zero-order valence-electron chi connectivity index (χ0n) is 17.3. The quantitative estimate of drug-likeness (QED) is 0.723. The first-order valence-corrected chi connectivity index (χ1v) is 10.1. The lowest BCUT2D eigenvalue weighted by atomic mass is 10.1. The SMILES string of the molecule is CCc1nc2ccc(C(=O)N3C[C@H](C(=O)NC)Oc4ccccc43)cc2nc1CC. The Balaban J connectivity index is 1.74. The third-order valence-corrected chi connectivity index (χ3v) is 5.29. The summed E-state index contributed by atoms with van der Waals surface area (Å²) in [4.78, 5) is 36.6. The molecule has 1 aliphatic heterocycles. The topological polar surface area (TPSA) is 84.4 Å². The van der Waals surface area contributed by atoms with Crippen LogP contribution in [0.25, 0.3) is 11.0 Å². The van der Waals surface area contributed by atoms with Crippen LogP contribution in [0.15, 0.2) is 42.5 Å². The highest BCUT2D eigenvalue weighted by Gasteiger charge is 2.33. The minimum atomic E-state index is -0.770. The van der Waals surface area contributed by atoms with Crippen molar-refractivity contribution >= 4 is 28.5 Å². The number of anilines is 1. The van der Waals surface area contributed by atoms with Crippen LogP contribution in [0.3, 0.4) is 0 Å². The zero-order chi connectivity index (χ0) is 21.3. The standard InChI is InChI=1S/C23H24N4O3/c1-4-15-16(5-2)26-18-12-14(10-11-17(18)25-15)23(29)27-13-21(22(28)24-3)30-20-9-7-6-8-19(20)27/h6-12,21H,4-5,13H2,1-3H3,(H,24,28)/t21-/m1/s1. The van der Waals surface area contributed by atoms with Crippen LogP contribution in [0.4, 0.5) is 5.69 Å². The second kappa shape index (κ2) is 8.10. The highest BCUT2D eigenvalue weighted by atomic mass is 16.5. The molecule has 0 unspecified atom stereocenters. The van der Waals surface area contributed by atoms with Gasteiger partial charge in [0.05, 0.1) is 34.7 Å². The normalized spacial score (nSPS) is 15.4. The van der Waals surface area contributed by atoms with Crippen molar-refractivity contribution in [2.24, 2.45) is 0 Å². The molecule has 1 aromatic heterocycles. The molecule has 7 heteroatoms. The molecular weight excluding hydrogens is 380 g/mol. The highest BCUT2D eigenvalue weighted by Crippen LogP contribution is 2.34. The molecule has 0 bridgehead atoms. The number of likely N-dealkylation sites (N-methyl/N-ethyl adjacent to an activating group) is 1. The Morgan fingerprint density at radius 1 is 1.07 bits per heavy atom. The van der Waals surface area contributed by atoms with Crippen LogP contribution in [0.5, 0.6) is 5.75 Å². The van der Waals surface area contributed by atoms with Gasteiger partial charge in [-0.1, -0.05) is 26.0 Å². The second-order valence-electron chi connectivity index (χ2n) is 7.13. The molecule has 2 amide bonds. The van der Waals surface area contributed by atoms with E-state index in [1.54, 1.807) is 30.1 Å². The molecule has 0 aliphatic carbocycles. The van der Waals surface area contributed by atoms with Crippen LogP contribution in [0, 0.1) is 0 Å². The average molecular weight is 404 g/mol. The number of para-hydroxylation sites is 2. The number of ether oxygens (including phenoxy) is 1. The molecule has 3 aromatic rings. The van der Waals surface area contributed by atoms with Crippen molar-refractivity contribution in [2.45, 2.75) is 32.8 Å². The molecule has 0 saturated heterocycles. The van der Waals surface area contributed by atoms with E-state index in [0.717, 1.165) is 29.7 Å². The van der Waals surface area contributed by atoms with Gasteiger partial charge in [0.15, 0.2) is 6.10 Å². The highest BCUT2D eigenvalue weighted by molar-refractivity contribution is 6.09. The number of aryl methyl sites for hydroxylation is 2. The van der Waals surface area contributed by atoms with E-state index in [1.807, 2.05) is 31.2 Å². The molecule has 0 radical (unpaired) electrons. The summed E-state index contributed by atoms with van der Waals surface area (Å²) in [5, 5.41) is 2.59. The largest absolute Gasteiger partial charge is 0.477 e. The van der Waals surface area contributed by atoms with Crippen molar-refractivity contribution in [3.05, 3.63) is 59.4 Å². The number of fused-ring (bicyclic) bond motifs is 2. The Kier molecular flexibility index (Phi) is 5.35. The van der Waals surface area contributed by atoms with Gasteiger partial charge in [-0.05, 0) is 43.2 Å². The summed E-state index contributed by atoms with van der Waals surface area (Å²) in [6.07, 6.45) is 0.834. The van der Waals surface area contributed by atoms with Gasteiger partial charge in [-0.2, -0.15) is 0 Å². The fraction of sp³-hybridized carbons (Fsp3) is 0.304. The van der Waals surface area contributed by atoms with Gasteiger partial charge in [0, 0.05) is 12.6 Å². The summed E-state index contributed by atoms with van der Waals surface area (Å²) in [5.74, 6) is 0.0273. The monoisotopic (exact) mass is 404 g/mol. The van der Waals surface area contributed by atoms with E-state index < -0.39 is 6.10 Å². The Labute approximate surface area is 175 Å². The molecule has 154 valence electrons. The predicted molar refractivity (Wildman–Crippen MR) is 115 cm³/mol. The summed E-state index contributed by atoms with van der Waals surface area (Å²) >= 11 is 0. The molecular formula is C23H24N4O3. The molecule has 30 heavy (non-hydrogen) atoms. The first kappa shape index (κ1) is 19.8. The lowest BCUT2D eigenvalue weighted by Crippen LogP contribution is -2.50. The van der Waals surface area contributed by atoms with Gasteiger partial charge in [0.1, 0.15) is 5.75 Å². The van der Waals surface area contributed by atoms with Crippen LogP contribution in [0.2, 0.25) is 0 Å². The van der Waals surface area contributed by atoms with Crippen molar-refractivity contribution in [3.63, 3.8) is 0 Å². The Morgan fingerprint density at radius 3 is 2.47 bits per heavy atom. The third-order valence-electron chi connectivity index (χ3n) is 5.29. The second-order valence-corrected chi connectivity index (χ2v) is 7.13. The molecule has 1 atom stereocenters. The van der Waals surface area contributed by atoms with Crippen LogP contribution >= 0.6 is 0 Å². The summed E-state index contributed by atoms with van der Waals surface area (Å²) in [6.45, 7) is 4.24. The molecule has 7 nitrogen and oxygen atoms in total. The van der Waals surface area contributed by atoms with Gasteiger partial charge in [-0.3, -0.25) is 9.59 Å². The number of amides is 2. The van der Waals surface area contributed by atoms with Crippen molar-refractivity contribution in [3.8, 4) is 5.75 Å². The molecule has 1 N–H and O–H groups in total. The number of carbonyl (C=O) groups excluding carboxylic acids is 2. The van der Waals surface area contributed by atoms with Gasteiger partial charge in [-0.15, -0.1) is 0 Å². The molecule has 4 rings (SSSR count). The molecule has 1 aliphatic rings. The summed E-state index contributed by atoms with van der Waals surface area (Å²) in [5.41, 5.74) is 4.54. The van der Waals surface area contributed by atoms with Gasteiger partial charge in [-0.25, -0.2) is 9.97 Å². The molecule has 0 saturated carbocycles. The number of rotatable bonds is 4. The third kappa shape index (κ3) is 3.47. The Bertz CT molecular complexity index is 1130. The van der Waals surface area contributed by atoms with E-state index in [2.05, 4.69) is 12.2 Å². The first-order valence-electron chi connectivity index (χ1n) is 10.1. The lowest BCUT2D eigenvalue weighted by Gasteiger charge is -2.34. The summed E-state index contributed by atoms with van der Waals surface area (Å²) < 4.78 is 5.80. The predicted octanol–water partition coefficient (Wildman–Crippen LogP) is 2.91. The number of hydrogen-bond donors (Lipinski definition) is 1. The van der Waals surface area contributed by atoms with Gasteiger partial charge < -0.3 is 15.0 Å². The van der Waals surface area contributed by atoms with E-state index in [0.29, 0.717) is 22.5 Å². The van der Waals surface area contributed by atoms with Crippen molar-refractivity contribution < 1.29 is 14.3 Å². The fourth-order valence-corrected chi connectivity index (χ4v) is 3.71. The van der Waals surface area contributed by atoms with Gasteiger partial charge >= 0.3 is 0 Å². The van der Waals surface area contributed by atoms with E-state index in [1.165, 1.54) is 0 Å².